The highest BCUT2D eigenvalue weighted by Crippen LogP contribution is 2.29. The minimum Gasteiger partial charge on any atom is -0.369 e. The number of primary amides is 1. The summed E-state index contributed by atoms with van der Waals surface area (Å²) in [7, 11) is 0. The fourth-order valence-corrected chi connectivity index (χ4v) is 4.73. The molecule has 4 aromatic rings. The SMILES string of the molecule is CCN(CC)Cc1ccc([C@@H](C)C(Cc2nc3cccnc3n2Cc2ccc(F)c(F)c2)C(N)=O)cc1. The third kappa shape index (κ3) is 6.02. The highest BCUT2D eigenvalue weighted by molar-refractivity contribution is 5.78. The maximum absolute atomic E-state index is 13.9. The molecular weight excluding hydrogens is 472 g/mol. The Morgan fingerprint density at radius 3 is 2.38 bits per heavy atom. The molecule has 0 radical (unpaired) electrons. The topological polar surface area (TPSA) is 77.0 Å². The van der Waals surface area contributed by atoms with Gasteiger partial charge in [-0.1, -0.05) is 51.1 Å². The summed E-state index contributed by atoms with van der Waals surface area (Å²) < 4.78 is 29.2. The normalized spacial score (nSPS) is 13.2. The second-order valence-electron chi connectivity index (χ2n) is 9.41. The van der Waals surface area contributed by atoms with Crippen LogP contribution < -0.4 is 5.73 Å². The Hall–Kier alpha value is -3.65. The number of pyridine rings is 1. The number of nitrogens with two attached hydrogens (primary N) is 1. The van der Waals surface area contributed by atoms with Crippen LogP contribution in [0.4, 0.5) is 8.78 Å². The van der Waals surface area contributed by atoms with E-state index in [0.717, 1.165) is 31.3 Å². The van der Waals surface area contributed by atoms with Crippen LogP contribution in [-0.2, 0) is 24.3 Å². The summed E-state index contributed by atoms with van der Waals surface area (Å²) >= 11 is 0. The number of carbonyl (C=O) groups excluding carboxylic acids is 1. The molecule has 194 valence electrons. The Bertz CT molecular complexity index is 1360. The van der Waals surface area contributed by atoms with E-state index in [4.69, 9.17) is 10.7 Å². The smallest absolute Gasteiger partial charge is 0.221 e. The van der Waals surface area contributed by atoms with E-state index in [2.05, 4.69) is 48.0 Å². The van der Waals surface area contributed by atoms with Gasteiger partial charge in [-0.3, -0.25) is 9.69 Å². The van der Waals surface area contributed by atoms with Gasteiger partial charge in [-0.05, 0) is 60.0 Å². The molecule has 2 atom stereocenters. The summed E-state index contributed by atoms with van der Waals surface area (Å²) in [6, 6.07) is 15.8. The van der Waals surface area contributed by atoms with Gasteiger partial charge in [0.25, 0.3) is 0 Å². The Morgan fingerprint density at radius 2 is 1.73 bits per heavy atom. The monoisotopic (exact) mass is 505 g/mol. The lowest BCUT2D eigenvalue weighted by Gasteiger charge is -2.23. The zero-order valence-corrected chi connectivity index (χ0v) is 21.5. The molecule has 37 heavy (non-hydrogen) atoms. The van der Waals surface area contributed by atoms with E-state index in [1.54, 1.807) is 12.3 Å². The molecule has 0 aliphatic heterocycles. The number of halogens is 2. The van der Waals surface area contributed by atoms with E-state index in [9.17, 15) is 13.6 Å². The van der Waals surface area contributed by atoms with Gasteiger partial charge in [0.15, 0.2) is 17.3 Å². The molecule has 0 fully saturated rings. The Balaban J connectivity index is 1.62. The van der Waals surface area contributed by atoms with E-state index < -0.39 is 23.5 Å². The molecular formula is C29H33F2N5O. The molecule has 0 aliphatic carbocycles. The summed E-state index contributed by atoms with van der Waals surface area (Å²) in [6.07, 6.45) is 1.95. The van der Waals surface area contributed by atoms with Gasteiger partial charge in [-0.2, -0.15) is 0 Å². The van der Waals surface area contributed by atoms with E-state index in [1.807, 2.05) is 17.6 Å². The standard InChI is InChI=1S/C29H33F2N5O/c1-4-35(5-2)17-20-8-11-22(12-9-20)19(3)23(28(32)37)16-27-34-26-7-6-14-33-29(26)36(27)18-21-10-13-24(30)25(31)15-21/h6-15,19,23H,4-5,16-18H2,1-3H3,(H2,32,37)/t19-,23?/m1/s1. The van der Waals surface area contributed by atoms with Crippen molar-refractivity contribution in [1.29, 1.82) is 0 Å². The largest absolute Gasteiger partial charge is 0.369 e. The van der Waals surface area contributed by atoms with Crippen LogP contribution in [-0.4, -0.2) is 38.4 Å². The van der Waals surface area contributed by atoms with Crippen molar-refractivity contribution in [3.05, 3.63) is 94.9 Å². The van der Waals surface area contributed by atoms with Crippen LogP contribution in [0.5, 0.6) is 0 Å². The van der Waals surface area contributed by atoms with Crippen molar-refractivity contribution in [2.75, 3.05) is 13.1 Å². The summed E-state index contributed by atoms with van der Waals surface area (Å²) in [5, 5.41) is 0. The van der Waals surface area contributed by atoms with Crippen LogP contribution >= 0.6 is 0 Å². The summed E-state index contributed by atoms with van der Waals surface area (Å²) in [5.74, 6) is -2.28. The second-order valence-corrected chi connectivity index (χ2v) is 9.41. The molecule has 0 spiro atoms. The van der Waals surface area contributed by atoms with Gasteiger partial charge >= 0.3 is 0 Å². The Kier molecular flexibility index (Phi) is 8.28. The summed E-state index contributed by atoms with van der Waals surface area (Å²) in [5.41, 5.74) is 9.98. The van der Waals surface area contributed by atoms with Crippen molar-refractivity contribution >= 4 is 17.1 Å². The number of benzene rings is 2. The average molecular weight is 506 g/mol. The van der Waals surface area contributed by atoms with Crippen molar-refractivity contribution in [1.82, 2.24) is 19.4 Å². The maximum Gasteiger partial charge on any atom is 0.221 e. The molecule has 2 N–H and O–H groups in total. The van der Waals surface area contributed by atoms with Gasteiger partial charge < -0.3 is 10.3 Å². The van der Waals surface area contributed by atoms with Crippen molar-refractivity contribution < 1.29 is 13.6 Å². The molecule has 4 rings (SSSR count). The van der Waals surface area contributed by atoms with Crippen molar-refractivity contribution in [2.45, 2.75) is 46.2 Å². The third-order valence-electron chi connectivity index (χ3n) is 7.09. The fraction of sp³-hybridized carbons (Fsp3) is 0.345. The predicted octanol–water partition coefficient (Wildman–Crippen LogP) is 5.05. The highest BCUT2D eigenvalue weighted by atomic mass is 19.2. The van der Waals surface area contributed by atoms with Crippen molar-refractivity contribution in [2.24, 2.45) is 11.7 Å². The first-order valence-corrected chi connectivity index (χ1v) is 12.6. The van der Waals surface area contributed by atoms with Gasteiger partial charge in [-0.25, -0.2) is 18.7 Å². The molecule has 2 heterocycles. The fourth-order valence-electron chi connectivity index (χ4n) is 4.73. The molecule has 0 bridgehead atoms. The molecule has 0 saturated carbocycles. The molecule has 0 saturated heterocycles. The first-order valence-electron chi connectivity index (χ1n) is 12.6. The van der Waals surface area contributed by atoms with Gasteiger partial charge in [0.2, 0.25) is 5.91 Å². The summed E-state index contributed by atoms with van der Waals surface area (Å²) in [6.45, 7) is 9.37. The van der Waals surface area contributed by atoms with Crippen LogP contribution in [0.3, 0.4) is 0 Å². The number of aromatic nitrogens is 3. The zero-order valence-electron chi connectivity index (χ0n) is 21.5. The quantitative estimate of drug-likeness (QED) is 0.310. The number of rotatable bonds is 11. The highest BCUT2D eigenvalue weighted by Gasteiger charge is 2.27. The van der Waals surface area contributed by atoms with Crippen LogP contribution in [0.15, 0.2) is 60.8 Å². The zero-order chi connectivity index (χ0) is 26.5. The number of amides is 1. The first kappa shape index (κ1) is 26.4. The predicted molar refractivity (Wildman–Crippen MR) is 141 cm³/mol. The van der Waals surface area contributed by atoms with Crippen molar-refractivity contribution in [3.63, 3.8) is 0 Å². The molecule has 8 heteroatoms. The number of imidazole rings is 1. The number of fused-ring (bicyclic) bond motifs is 1. The first-order chi connectivity index (χ1) is 17.8. The molecule has 6 nitrogen and oxygen atoms in total. The van der Waals surface area contributed by atoms with Gasteiger partial charge in [0.1, 0.15) is 11.3 Å². The summed E-state index contributed by atoms with van der Waals surface area (Å²) in [4.78, 5) is 24.2. The number of hydrogen-bond acceptors (Lipinski definition) is 4. The molecule has 1 amide bonds. The van der Waals surface area contributed by atoms with E-state index in [1.165, 1.54) is 17.7 Å². The Labute approximate surface area is 216 Å². The van der Waals surface area contributed by atoms with Crippen LogP contribution in [0.25, 0.3) is 11.2 Å². The number of carbonyl (C=O) groups is 1. The Morgan fingerprint density at radius 1 is 1.03 bits per heavy atom. The van der Waals surface area contributed by atoms with E-state index in [-0.39, 0.29) is 18.9 Å². The van der Waals surface area contributed by atoms with Gasteiger partial charge in [-0.15, -0.1) is 0 Å². The van der Waals surface area contributed by atoms with Gasteiger partial charge in [0, 0.05) is 19.2 Å². The lowest BCUT2D eigenvalue weighted by atomic mass is 9.84. The average Bonchev–Trinajstić information content (AvgIpc) is 3.24. The molecule has 1 unspecified atom stereocenters. The maximum atomic E-state index is 13.9. The van der Waals surface area contributed by atoms with Crippen LogP contribution in [0.2, 0.25) is 0 Å². The molecule has 0 aliphatic rings. The second kappa shape index (κ2) is 11.6. The minimum absolute atomic E-state index is 0.149. The molecule has 2 aromatic heterocycles. The number of nitrogens with zero attached hydrogens (tertiary/aromatic N) is 4. The van der Waals surface area contributed by atoms with Crippen LogP contribution in [0, 0.1) is 17.6 Å². The molecule has 2 aromatic carbocycles. The van der Waals surface area contributed by atoms with Crippen LogP contribution in [0.1, 0.15) is 49.2 Å². The number of hydrogen-bond donors (Lipinski definition) is 1. The lowest BCUT2D eigenvalue weighted by Crippen LogP contribution is -2.30. The lowest BCUT2D eigenvalue weighted by molar-refractivity contribution is -0.122. The van der Waals surface area contributed by atoms with Crippen molar-refractivity contribution in [3.8, 4) is 0 Å². The van der Waals surface area contributed by atoms with E-state index >= 15 is 0 Å². The third-order valence-corrected chi connectivity index (χ3v) is 7.09. The van der Waals surface area contributed by atoms with E-state index in [0.29, 0.717) is 22.6 Å². The van der Waals surface area contributed by atoms with Gasteiger partial charge in [0.05, 0.1) is 12.5 Å². The minimum atomic E-state index is -0.912.